The Labute approximate surface area is 288 Å². The second-order valence-electron chi connectivity index (χ2n) is 13.1. The highest BCUT2D eigenvalue weighted by Crippen LogP contribution is 2.38. The molecular weight excluding hydrogens is 611 g/mol. The van der Waals surface area contributed by atoms with Crippen molar-refractivity contribution in [3.63, 3.8) is 0 Å². The van der Waals surface area contributed by atoms with Gasteiger partial charge in [0, 0.05) is 55.2 Å². The van der Waals surface area contributed by atoms with E-state index in [9.17, 15) is 0 Å². The fourth-order valence-corrected chi connectivity index (χ4v) is 7.75. The van der Waals surface area contributed by atoms with Gasteiger partial charge in [0.1, 0.15) is 11.2 Å². The van der Waals surface area contributed by atoms with Crippen LogP contribution in [0.5, 0.6) is 0 Å². The average Bonchev–Trinajstić information content (AvgIpc) is 3.56. The van der Waals surface area contributed by atoms with Gasteiger partial charge in [-0.15, -0.1) is 0 Å². The molecule has 0 fully saturated rings. The van der Waals surface area contributed by atoms with Gasteiger partial charge >= 0.3 is 0 Å². The van der Waals surface area contributed by atoms with E-state index in [0.717, 1.165) is 89.9 Å². The molecule has 1 aliphatic rings. The van der Waals surface area contributed by atoms with Crippen LogP contribution in [0.15, 0.2) is 166 Å². The number of aliphatic imine (C=N–C) groups is 2. The SMILES string of the molecule is C/C1=C(/c2ccccc2)N=C(c2cccc3c2ncc2ccc4ccccc4c23)N=C(c2cccc3oc4c5ccccc5ccc4c23)CC1. The van der Waals surface area contributed by atoms with E-state index < -0.39 is 0 Å². The Bertz CT molecular complexity index is 2930. The number of nitrogens with zero attached hydrogens (tertiary/aromatic N) is 3. The zero-order chi connectivity index (χ0) is 33.2. The molecule has 2 aromatic heterocycles. The highest BCUT2D eigenvalue weighted by molar-refractivity contribution is 6.27. The number of allylic oxidation sites excluding steroid dienone is 1. The predicted octanol–water partition coefficient (Wildman–Crippen LogP) is 12.1. The van der Waals surface area contributed by atoms with E-state index in [2.05, 4.69) is 140 Å². The lowest BCUT2D eigenvalue weighted by Gasteiger charge is -2.17. The number of hydrogen-bond donors (Lipinski definition) is 0. The van der Waals surface area contributed by atoms with Crippen LogP contribution in [-0.4, -0.2) is 16.5 Å². The van der Waals surface area contributed by atoms with E-state index in [0.29, 0.717) is 5.84 Å². The standard InChI is InChI=1S/C46H31N3O/c1-28-21-26-39(35-17-10-20-40-42(35)37-25-24-30-12-6-8-16-34(30)45(37)50-40)48-46(49-43(28)31-13-3-2-4-14-31)38-19-9-18-36-41-32(27-47-44(36)38)23-22-29-11-5-7-15-33(29)41/h2-20,22-25,27H,21,26H2,1H3/b43-28+,48-39?,49-46?. The van der Waals surface area contributed by atoms with Crippen molar-refractivity contribution in [1.29, 1.82) is 0 Å². The Balaban J connectivity index is 1.25. The second kappa shape index (κ2) is 11.4. The molecule has 7 aromatic carbocycles. The molecule has 50 heavy (non-hydrogen) atoms. The topological polar surface area (TPSA) is 50.8 Å². The van der Waals surface area contributed by atoms with E-state index in [-0.39, 0.29) is 0 Å². The molecular formula is C46H31N3O. The summed E-state index contributed by atoms with van der Waals surface area (Å²) in [4.78, 5) is 16.1. The molecule has 4 heteroatoms. The first-order valence-electron chi connectivity index (χ1n) is 17.2. The first-order chi connectivity index (χ1) is 24.7. The highest BCUT2D eigenvalue weighted by atomic mass is 16.3. The molecule has 0 saturated heterocycles. The van der Waals surface area contributed by atoms with E-state index in [1.807, 2.05) is 12.3 Å². The summed E-state index contributed by atoms with van der Waals surface area (Å²) in [6.45, 7) is 2.20. The van der Waals surface area contributed by atoms with Gasteiger partial charge in [-0.1, -0.05) is 121 Å². The third kappa shape index (κ3) is 4.49. The van der Waals surface area contributed by atoms with Gasteiger partial charge in [0.25, 0.3) is 0 Å². The Morgan fingerprint density at radius 1 is 0.520 bits per heavy atom. The van der Waals surface area contributed by atoms with Crippen molar-refractivity contribution in [2.24, 2.45) is 9.98 Å². The van der Waals surface area contributed by atoms with Crippen molar-refractivity contribution in [2.75, 3.05) is 0 Å². The average molecular weight is 642 g/mol. The molecule has 3 heterocycles. The Morgan fingerprint density at radius 2 is 1.22 bits per heavy atom. The summed E-state index contributed by atoms with van der Waals surface area (Å²) in [5, 5.41) is 10.3. The number of benzene rings is 7. The van der Waals surface area contributed by atoms with Gasteiger partial charge in [-0.25, -0.2) is 9.98 Å². The van der Waals surface area contributed by atoms with Gasteiger partial charge in [-0.2, -0.15) is 0 Å². The molecule has 9 aromatic rings. The third-order valence-corrected chi connectivity index (χ3v) is 10.2. The monoisotopic (exact) mass is 641 g/mol. The number of aromatic nitrogens is 1. The lowest BCUT2D eigenvalue weighted by atomic mass is 9.94. The van der Waals surface area contributed by atoms with Crippen LogP contribution in [0.2, 0.25) is 0 Å². The molecule has 0 atom stereocenters. The van der Waals surface area contributed by atoms with E-state index >= 15 is 0 Å². The fourth-order valence-electron chi connectivity index (χ4n) is 7.75. The van der Waals surface area contributed by atoms with Gasteiger partial charge in [-0.3, -0.25) is 4.98 Å². The van der Waals surface area contributed by atoms with Crippen molar-refractivity contribution in [2.45, 2.75) is 19.8 Å². The van der Waals surface area contributed by atoms with Gasteiger partial charge in [0.15, 0.2) is 5.84 Å². The summed E-state index contributed by atoms with van der Waals surface area (Å²) in [5.41, 5.74) is 8.90. The maximum absolute atomic E-state index is 6.59. The number of amidine groups is 1. The maximum Gasteiger partial charge on any atom is 0.162 e. The van der Waals surface area contributed by atoms with Crippen LogP contribution in [0.4, 0.5) is 0 Å². The maximum atomic E-state index is 6.59. The molecule has 0 saturated carbocycles. The number of pyridine rings is 1. The van der Waals surface area contributed by atoms with Crippen molar-refractivity contribution >= 4 is 82.4 Å². The molecule has 0 spiro atoms. The van der Waals surface area contributed by atoms with E-state index in [1.54, 1.807) is 0 Å². The number of hydrogen-bond acceptors (Lipinski definition) is 4. The minimum absolute atomic E-state index is 0.658. The summed E-state index contributed by atoms with van der Waals surface area (Å²) >= 11 is 0. The third-order valence-electron chi connectivity index (χ3n) is 10.2. The summed E-state index contributed by atoms with van der Waals surface area (Å²) in [5.74, 6) is 0.658. The first kappa shape index (κ1) is 28.6. The molecule has 4 nitrogen and oxygen atoms in total. The normalized spacial score (nSPS) is 15.5. The zero-order valence-corrected chi connectivity index (χ0v) is 27.5. The molecule has 1 aliphatic heterocycles. The minimum atomic E-state index is 0.658. The van der Waals surface area contributed by atoms with Crippen LogP contribution in [-0.2, 0) is 0 Å². The van der Waals surface area contributed by atoms with E-state index in [4.69, 9.17) is 19.4 Å². The fraction of sp³-hybridized carbons (Fsp3) is 0.0652. The predicted molar refractivity (Wildman–Crippen MR) is 209 cm³/mol. The van der Waals surface area contributed by atoms with Gasteiger partial charge in [0.2, 0.25) is 0 Å². The van der Waals surface area contributed by atoms with Crippen molar-refractivity contribution < 1.29 is 4.42 Å². The number of fused-ring (bicyclic) bond motifs is 10. The zero-order valence-electron chi connectivity index (χ0n) is 27.5. The molecule has 0 bridgehead atoms. The van der Waals surface area contributed by atoms with Gasteiger partial charge in [-0.05, 0) is 59.7 Å². The summed E-state index contributed by atoms with van der Waals surface area (Å²) < 4.78 is 6.59. The number of rotatable bonds is 3. The van der Waals surface area contributed by atoms with Crippen LogP contribution < -0.4 is 0 Å². The molecule has 0 N–H and O–H groups in total. The minimum Gasteiger partial charge on any atom is -0.455 e. The lowest BCUT2D eigenvalue weighted by molar-refractivity contribution is 0.672. The summed E-state index contributed by atoms with van der Waals surface area (Å²) in [7, 11) is 0. The van der Waals surface area contributed by atoms with Crippen molar-refractivity contribution in [1.82, 2.24) is 4.98 Å². The molecule has 236 valence electrons. The lowest BCUT2D eigenvalue weighted by Crippen LogP contribution is -2.11. The smallest absolute Gasteiger partial charge is 0.162 e. The van der Waals surface area contributed by atoms with Gasteiger partial charge in [0.05, 0.1) is 16.9 Å². The van der Waals surface area contributed by atoms with E-state index in [1.165, 1.54) is 21.7 Å². The van der Waals surface area contributed by atoms with Crippen molar-refractivity contribution in [3.05, 3.63) is 168 Å². The summed E-state index contributed by atoms with van der Waals surface area (Å²) in [6.07, 6.45) is 3.58. The Hall–Kier alpha value is -6.39. The molecule has 0 unspecified atom stereocenters. The summed E-state index contributed by atoms with van der Waals surface area (Å²) in [6, 6.07) is 48.9. The largest absolute Gasteiger partial charge is 0.455 e. The van der Waals surface area contributed by atoms with Crippen LogP contribution in [0, 0.1) is 0 Å². The molecule has 0 amide bonds. The second-order valence-corrected chi connectivity index (χ2v) is 13.1. The van der Waals surface area contributed by atoms with Crippen LogP contribution in [0.3, 0.4) is 0 Å². The molecule has 0 aliphatic carbocycles. The van der Waals surface area contributed by atoms with Crippen LogP contribution in [0.1, 0.15) is 36.5 Å². The van der Waals surface area contributed by atoms with Crippen LogP contribution in [0.25, 0.3) is 70.9 Å². The Morgan fingerprint density at radius 3 is 2.10 bits per heavy atom. The Kier molecular flexibility index (Phi) is 6.50. The molecule has 0 radical (unpaired) electrons. The molecule has 10 rings (SSSR count). The quantitative estimate of drug-likeness (QED) is 0.180. The van der Waals surface area contributed by atoms with Crippen molar-refractivity contribution in [3.8, 4) is 0 Å². The highest BCUT2D eigenvalue weighted by Gasteiger charge is 2.22. The number of furan rings is 1. The first-order valence-corrected chi connectivity index (χ1v) is 17.2. The van der Waals surface area contributed by atoms with Crippen LogP contribution >= 0.6 is 0 Å². The van der Waals surface area contributed by atoms with Gasteiger partial charge < -0.3 is 4.42 Å². The number of para-hydroxylation sites is 1.